The van der Waals surface area contributed by atoms with E-state index >= 15 is 0 Å². The van der Waals surface area contributed by atoms with E-state index in [1.165, 1.54) is 21.6 Å². The van der Waals surface area contributed by atoms with Crippen LogP contribution < -0.4 is 21.3 Å². The minimum atomic E-state index is -1.46. The van der Waals surface area contributed by atoms with Crippen molar-refractivity contribution in [3.05, 3.63) is 66.2 Å². The van der Waals surface area contributed by atoms with Crippen molar-refractivity contribution < 1.29 is 38.3 Å². The van der Waals surface area contributed by atoms with Gasteiger partial charge in [-0.3, -0.25) is 24.0 Å². The van der Waals surface area contributed by atoms with E-state index in [9.17, 15) is 33.6 Å². The van der Waals surface area contributed by atoms with Crippen molar-refractivity contribution in [2.75, 3.05) is 25.0 Å². The molecule has 0 bridgehead atoms. The molecule has 15 heteroatoms. The monoisotopic (exact) mass is 757 g/mol. The Labute approximate surface area is 320 Å². The highest BCUT2D eigenvalue weighted by Gasteiger charge is 2.47. The molecule has 4 saturated heterocycles. The van der Waals surface area contributed by atoms with Crippen LogP contribution in [0.1, 0.15) is 64.9 Å². The quantitative estimate of drug-likeness (QED) is 0.322. The van der Waals surface area contributed by atoms with Crippen LogP contribution in [0.3, 0.4) is 0 Å². The topological polar surface area (TPSA) is 187 Å². The Balaban J connectivity index is 1.32. The summed E-state index contributed by atoms with van der Waals surface area (Å²) >= 11 is 0. The SMILES string of the molecule is C[C@@H]1C[C@H]2C(=O)O[C@@H](C)[C@H](NC(=O)[C@H](Cc3ccccc3)NC(=O)Nc3ccccc3)C(=O)N3CCC[C@H]3C(=O)N3CCCC[C@H]3C(=O)N[C@@H](C)C(=O)N2C1. The van der Waals surface area contributed by atoms with E-state index in [1.807, 2.05) is 25.1 Å². The van der Waals surface area contributed by atoms with Gasteiger partial charge in [0, 0.05) is 31.7 Å². The predicted octanol–water partition coefficient (Wildman–Crippen LogP) is 1.96. The zero-order valence-corrected chi connectivity index (χ0v) is 31.6. The molecule has 6 rings (SSSR count). The Hall–Kier alpha value is -5.47. The zero-order chi connectivity index (χ0) is 39.2. The third kappa shape index (κ3) is 9.09. The maximum absolute atomic E-state index is 14.7. The Kier molecular flexibility index (Phi) is 12.4. The van der Waals surface area contributed by atoms with E-state index in [4.69, 9.17) is 4.74 Å². The summed E-state index contributed by atoms with van der Waals surface area (Å²) in [7, 11) is 0. The maximum Gasteiger partial charge on any atom is 0.329 e. The molecule has 4 fully saturated rings. The summed E-state index contributed by atoms with van der Waals surface area (Å²) in [6.07, 6.45) is 1.77. The van der Waals surface area contributed by atoms with Gasteiger partial charge in [0.2, 0.25) is 29.5 Å². The first-order valence-electron chi connectivity index (χ1n) is 19.3. The molecule has 4 aliphatic heterocycles. The molecule has 15 nitrogen and oxygen atoms in total. The molecular formula is C40H51N7O8. The molecule has 7 amide bonds. The minimum absolute atomic E-state index is 0.0532. The van der Waals surface area contributed by atoms with Gasteiger partial charge in [0.25, 0.3) is 0 Å². The van der Waals surface area contributed by atoms with Crippen molar-refractivity contribution in [3.8, 4) is 0 Å². The molecule has 0 radical (unpaired) electrons. The number of nitrogens with one attached hydrogen (secondary N) is 4. The largest absolute Gasteiger partial charge is 0.458 e. The number of para-hydroxylation sites is 1. The fourth-order valence-corrected chi connectivity index (χ4v) is 8.13. The predicted molar refractivity (Wildman–Crippen MR) is 201 cm³/mol. The number of hydrogen-bond donors (Lipinski definition) is 4. The van der Waals surface area contributed by atoms with Crippen LogP contribution in [0.4, 0.5) is 10.5 Å². The van der Waals surface area contributed by atoms with Crippen molar-refractivity contribution in [2.45, 2.75) is 108 Å². The molecule has 4 heterocycles. The van der Waals surface area contributed by atoms with E-state index < -0.39 is 78.0 Å². The maximum atomic E-state index is 14.7. The van der Waals surface area contributed by atoms with E-state index in [0.29, 0.717) is 50.8 Å². The van der Waals surface area contributed by atoms with Crippen LogP contribution in [0.25, 0.3) is 0 Å². The average molecular weight is 758 g/mol. The summed E-state index contributed by atoms with van der Waals surface area (Å²) in [5.74, 6) is -3.46. The molecule has 0 saturated carbocycles. The lowest BCUT2D eigenvalue weighted by Gasteiger charge is -2.39. The first kappa shape index (κ1) is 39.2. The van der Waals surface area contributed by atoms with Crippen LogP contribution in [0.2, 0.25) is 0 Å². The van der Waals surface area contributed by atoms with E-state index in [2.05, 4.69) is 21.3 Å². The molecule has 294 valence electrons. The molecule has 55 heavy (non-hydrogen) atoms. The standard InChI is InChI=1S/C40H51N7O8/c1-24-21-32-39(53)55-26(3)33(44-34(48)29(22-27-13-6-4-7-14-27)43-40(54)42-28-15-8-5-9-16-28)38(52)46-20-12-18-31(46)37(51)45-19-11-10-17-30(45)35(49)41-25(2)36(50)47(32)23-24/h4-9,13-16,24-26,29-33H,10-12,17-23H2,1-3H3,(H,41,49)(H,44,48)(H2,42,43,54)/t24-,25+,26+,29+,30+,31+,32+,33+/m1/s1. The van der Waals surface area contributed by atoms with Crippen LogP contribution in [-0.2, 0) is 39.9 Å². The molecule has 0 aromatic heterocycles. The number of piperidine rings is 1. The molecule has 2 aromatic rings. The molecule has 4 N–H and O–H groups in total. The molecule has 0 unspecified atom stereocenters. The van der Waals surface area contributed by atoms with Crippen LogP contribution in [0.15, 0.2) is 60.7 Å². The minimum Gasteiger partial charge on any atom is -0.458 e. The molecule has 2 aromatic carbocycles. The number of nitrogens with zero attached hydrogens (tertiary/aromatic N) is 3. The number of carbonyl (C=O) groups is 7. The summed E-state index contributed by atoms with van der Waals surface area (Å²) in [5, 5.41) is 11.0. The lowest BCUT2D eigenvalue weighted by atomic mass is 9.99. The summed E-state index contributed by atoms with van der Waals surface area (Å²) in [6.45, 7) is 5.74. The van der Waals surface area contributed by atoms with Gasteiger partial charge in [-0.1, -0.05) is 55.5 Å². The molecule has 0 aliphatic carbocycles. The molecule has 0 spiro atoms. The number of cyclic esters (lactones) is 1. The second-order valence-corrected chi connectivity index (χ2v) is 15.1. The smallest absolute Gasteiger partial charge is 0.329 e. The number of rotatable bonds is 6. The number of esters is 1. The number of urea groups is 1. The zero-order valence-electron chi connectivity index (χ0n) is 31.6. The number of amides is 7. The van der Waals surface area contributed by atoms with Gasteiger partial charge in [-0.2, -0.15) is 0 Å². The van der Waals surface area contributed by atoms with Crippen molar-refractivity contribution in [3.63, 3.8) is 0 Å². The van der Waals surface area contributed by atoms with Gasteiger partial charge in [0.05, 0.1) is 0 Å². The van der Waals surface area contributed by atoms with E-state index in [-0.39, 0.29) is 31.3 Å². The van der Waals surface area contributed by atoms with Gasteiger partial charge in [-0.05, 0) is 76.0 Å². The summed E-state index contributed by atoms with van der Waals surface area (Å²) < 4.78 is 5.94. The van der Waals surface area contributed by atoms with E-state index in [1.54, 1.807) is 49.4 Å². The number of benzene rings is 2. The first-order valence-corrected chi connectivity index (χ1v) is 19.3. The third-order valence-electron chi connectivity index (χ3n) is 11.0. The van der Waals surface area contributed by atoms with Crippen molar-refractivity contribution in [2.24, 2.45) is 5.92 Å². The number of carbonyl (C=O) groups excluding carboxylic acids is 7. The fraction of sp³-hybridized carbons (Fsp3) is 0.525. The molecule has 8 atom stereocenters. The number of hydrogen-bond acceptors (Lipinski definition) is 8. The van der Waals surface area contributed by atoms with Crippen molar-refractivity contribution >= 4 is 47.2 Å². The summed E-state index contributed by atoms with van der Waals surface area (Å²) in [5.41, 5.74) is 1.25. The van der Waals surface area contributed by atoms with Crippen LogP contribution in [-0.4, -0.2) is 118 Å². The molecular weight excluding hydrogens is 706 g/mol. The van der Waals surface area contributed by atoms with Crippen LogP contribution >= 0.6 is 0 Å². The lowest BCUT2D eigenvalue weighted by molar-refractivity contribution is -0.163. The number of ether oxygens (including phenoxy) is 1. The van der Waals surface area contributed by atoms with Gasteiger partial charge >= 0.3 is 12.0 Å². The number of fused-ring (bicyclic) bond motifs is 3. The van der Waals surface area contributed by atoms with Crippen molar-refractivity contribution in [1.29, 1.82) is 0 Å². The Morgan fingerprint density at radius 1 is 0.782 bits per heavy atom. The van der Waals surface area contributed by atoms with Gasteiger partial charge < -0.3 is 40.7 Å². The number of anilines is 1. The van der Waals surface area contributed by atoms with E-state index in [0.717, 1.165) is 5.56 Å². The average Bonchev–Trinajstić information content (AvgIpc) is 3.83. The highest BCUT2D eigenvalue weighted by Crippen LogP contribution is 2.29. The van der Waals surface area contributed by atoms with Gasteiger partial charge in [-0.15, -0.1) is 0 Å². The molecule has 4 aliphatic rings. The van der Waals surface area contributed by atoms with Crippen molar-refractivity contribution in [1.82, 2.24) is 30.7 Å². The van der Waals surface area contributed by atoms with Crippen LogP contribution in [0, 0.1) is 5.92 Å². The lowest BCUT2D eigenvalue weighted by Crippen LogP contribution is -2.63. The van der Waals surface area contributed by atoms with Gasteiger partial charge in [0.15, 0.2) is 0 Å². The van der Waals surface area contributed by atoms with Crippen LogP contribution in [0.5, 0.6) is 0 Å². The summed E-state index contributed by atoms with van der Waals surface area (Å²) in [4.78, 5) is 102. The Morgan fingerprint density at radius 3 is 2.16 bits per heavy atom. The highest BCUT2D eigenvalue weighted by molar-refractivity contribution is 5.98. The second kappa shape index (κ2) is 17.3. The summed E-state index contributed by atoms with van der Waals surface area (Å²) in [6, 6.07) is 10.8. The Bertz CT molecular complexity index is 1760. The fourth-order valence-electron chi connectivity index (χ4n) is 8.13. The van der Waals surface area contributed by atoms with Gasteiger partial charge in [0.1, 0.15) is 42.4 Å². The third-order valence-corrected chi connectivity index (χ3v) is 11.0. The normalized spacial score (nSPS) is 28.3. The highest BCUT2D eigenvalue weighted by atomic mass is 16.5. The second-order valence-electron chi connectivity index (χ2n) is 15.1. The Morgan fingerprint density at radius 2 is 1.44 bits per heavy atom. The van der Waals surface area contributed by atoms with Gasteiger partial charge in [-0.25, -0.2) is 9.59 Å². The first-order chi connectivity index (χ1) is 26.4.